The lowest BCUT2D eigenvalue weighted by atomic mass is 10.0. The molecule has 3 aromatic carbocycles. The molecule has 6 nitrogen and oxygen atoms in total. The Labute approximate surface area is 201 Å². The number of nitrogens with one attached hydrogen (secondary N) is 1. The van der Waals surface area contributed by atoms with Crippen LogP contribution in [0.3, 0.4) is 0 Å². The fraction of sp³-hybridized carbons (Fsp3) is 0.0741. The first-order valence-corrected chi connectivity index (χ1v) is 11.8. The lowest BCUT2D eigenvalue weighted by Gasteiger charge is -2.12. The molecule has 5 rings (SSSR count). The molecule has 0 saturated heterocycles. The van der Waals surface area contributed by atoms with E-state index in [1.54, 1.807) is 17.5 Å². The lowest BCUT2D eigenvalue weighted by molar-refractivity contribution is 0.0951. The monoisotopic (exact) mass is 465 g/mol. The molecule has 0 saturated carbocycles. The summed E-state index contributed by atoms with van der Waals surface area (Å²) in [6.45, 7) is 0.867. The first-order chi connectivity index (χ1) is 16.7. The van der Waals surface area contributed by atoms with E-state index in [0.29, 0.717) is 18.7 Å². The van der Waals surface area contributed by atoms with Crippen LogP contribution in [0.2, 0.25) is 0 Å². The lowest BCUT2D eigenvalue weighted by Crippen LogP contribution is -2.23. The van der Waals surface area contributed by atoms with Gasteiger partial charge >= 0.3 is 0 Å². The van der Waals surface area contributed by atoms with Gasteiger partial charge in [-0.2, -0.15) is 5.10 Å². The maximum atomic E-state index is 13.2. The highest BCUT2D eigenvalue weighted by Crippen LogP contribution is 2.27. The molecule has 0 atom stereocenters. The van der Waals surface area contributed by atoms with E-state index < -0.39 is 0 Å². The number of hydrogen-bond donors (Lipinski definition) is 2. The Hall–Kier alpha value is -4.07. The minimum Gasteiger partial charge on any atom is -0.346 e. The standard InChI is InChI=1S/C27H23N5OS/c28-16-19-10-12-20(13-11-19)27-31-21(18-34-27)17-29-26(33)24-9-5-4-8-23(24)25-14-15-30-32(25)22-6-2-1-3-7-22/h1-15,18H,16-17,28H2,(H,29,33). The number of nitrogens with zero attached hydrogens (tertiary/aromatic N) is 3. The van der Waals surface area contributed by atoms with Crippen LogP contribution in [0.15, 0.2) is 96.5 Å². The maximum Gasteiger partial charge on any atom is 0.252 e. The van der Waals surface area contributed by atoms with Gasteiger partial charge in [0, 0.05) is 28.6 Å². The van der Waals surface area contributed by atoms with Gasteiger partial charge < -0.3 is 11.1 Å². The number of amides is 1. The van der Waals surface area contributed by atoms with Crippen molar-refractivity contribution < 1.29 is 4.79 Å². The van der Waals surface area contributed by atoms with Crippen LogP contribution >= 0.6 is 11.3 Å². The van der Waals surface area contributed by atoms with E-state index in [1.165, 1.54) is 0 Å². The molecule has 2 aromatic heterocycles. The van der Waals surface area contributed by atoms with E-state index in [4.69, 9.17) is 5.73 Å². The van der Waals surface area contributed by atoms with Gasteiger partial charge in [0.25, 0.3) is 5.91 Å². The Balaban J connectivity index is 1.34. The summed E-state index contributed by atoms with van der Waals surface area (Å²) in [7, 11) is 0. The Morgan fingerprint density at radius 3 is 2.50 bits per heavy atom. The summed E-state index contributed by atoms with van der Waals surface area (Å²) < 4.78 is 1.84. The molecular formula is C27H23N5OS. The highest BCUT2D eigenvalue weighted by molar-refractivity contribution is 7.13. The van der Waals surface area contributed by atoms with Gasteiger partial charge in [0.2, 0.25) is 0 Å². The van der Waals surface area contributed by atoms with E-state index in [0.717, 1.165) is 38.8 Å². The number of carbonyl (C=O) groups excluding carboxylic acids is 1. The highest BCUT2D eigenvalue weighted by Gasteiger charge is 2.16. The second-order valence-corrected chi connectivity index (χ2v) is 8.60. The molecule has 0 spiro atoms. The molecule has 0 aliphatic heterocycles. The van der Waals surface area contributed by atoms with E-state index in [2.05, 4.69) is 15.4 Å². The highest BCUT2D eigenvalue weighted by atomic mass is 32.1. The molecule has 0 unspecified atom stereocenters. The van der Waals surface area contributed by atoms with Crippen LogP contribution in [0.5, 0.6) is 0 Å². The third-order valence-electron chi connectivity index (χ3n) is 5.51. The van der Waals surface area contributed by atoms with Crippen LogP contribution in [0.25, 0.3) is 27.5 Å². The number of rotatable bonds is 7. The zero-order chi connectivity index (χ0) is 23.3. The predicted octanol–water partition coefficient (Wildman–Crippen LogP) is 5.05. The van der Waals surface area contributed by atoms with Gasteiger partial charge in [0.1, 0.15) is 5.01 Å². The SMILES string of the molecule is NCc1ccc(-c2nc(CNC(=O)c3ccccc3-c3ccnn3-c3ccccc3)cs2)cc1. The minimum atomic E-state index is -0.154. The second-order valence-electron chi connectivity index (χ2n) is 7.74. The topological polar surface area (TPSA) is 85.8 Å². The molecule has 5 aromatic rings. The molecule has 0 bridgehead atoms. The van der Waals surface area contributed by atoms with Crippen molar-refractivity contribution >= 4 is 17.2 Å². The number of para-hydroxylation sites is 1. The van der Waals surface area contributed by atoms with Gasteiger partial charge in [-0.3, -0.25) is 4.79 Å². The van der Waals surface area contributed by atoms with Crippen LogP contribution in [-0.4, -0.2) is 20.7 Å². The van der Waals surface area contributed by atoms with Crippen molar-refractivity contribution in [1.82, 2.24) is 20.1 Å². The van der Waals surface area contributed by atoms with Gasteiger partial charge in [-0.1, -0.05) is 60.7 Å². The third-order valence-corrected chi connectivity index (χ3v) is 6.45. The maximum absolute atomic E-state index is 13.2. The second kappa shape index (κ2) is 9.82. The normalized spacial score (nSPS) is 10.9. The largest absolute Gasteiger partial charge is 0.346 e. The van der Waals surface area contributed by atoms with Gasteiger partial charge in [0.05, 0.1) is 29.8 Å². The molecule has 0 radical (unpaired) electrons. The van der Waals surface area contributed by atoms with Gasteiger partial charge in [-0.25, -0.2) is 9.67 Å². The molecule has 1 amide bonds. The van der Waals surface area contributed by atoms with E-state index >= 15 is 0 Å². The molecule has 0 aliphatic rings. The first-order valence-electron chi connectivity index (χ1n) is 10.9. The number of benzene rings is 3. The summed E-state index contributed by atoms with van der Waals surface area (Å²) in [5.41, 5.74) is 11.8. The van der Waals surface area contributed by atoms with Crippen LogP contribution in [0, 0.1) is 0 Å². The van der Waals surface area contributed by atoms with Crippen molar-refractivity contribution in [3.8, 4) is 27.5 Å². The summed E-state index contributed by atoms with van der Waals surface area (Å²) in [5.74, 6) is -0.154. The Kier molecular flexibility index (Phi) is 6.29. The fourth-order valence-electron chi connectivity index (χ4n) is 3.76. The molecular weight excluding hydrogens is 442 g/mol. The number of aromatic nitrogens is 3. The Morgan fingerprint density at radius 2 is 1.71 bits per heavy atom. The molecule has 3 N–H and O–H groups in total. The molecule has 0 fully saturated rings. The average Bonchev–Trinajstić information content (AvgIpc) is 3.58. The molecule has 34 heavy (non-hydrogen) atoms. The van der Waals surface area contributed by atoms with Crippen LogP contribution < -0.4 is 11.1 Å². The van der Waals surface area contributed by atoms with Gasteiger partial charge in [-0.15, -0.1) is 11.3 Å². The zero-order valence-corrected chi connectivity index (χ0v) is 19.2. The fourth-order valence-corrected chi connectivity index (χ4v) is 4.58. The number of hydrogen-bond acceptors (Lipinski definition) is 5. The van der Waals surface area contributed by atoms with Crippen molar-refractivity contribution in [2.24, 2.45) is 5.73 Å². The third kappa shape index (κ3) is 4.52. The Morgan fingerprint density at radius 1 is 0.941 bits per heavy atom. The molecule has 2 heterocycles. The zero-order valence-electron chi connectivity index (χ0n) is 18.4. The van der Waals surface area contributed by atoms with Crippen molar-refractivity contribution in [3.05, 3.63) is 113 Å². The summed E-state index contributed by atoms with van der Waals surface area (Å²) in [5, 5.41) is 10.4. The van der Waals surface area contributed by atoms with Gasteiger partial charge in [0.15, 0.2) is 0 Å². The van der Waals surface area contributed by atoms with Crippen LogP contribution in [0.1, 0.15) is 21.6 Å². The van der Waals surface area contributed by atoms with Crippen molar-refractivity contribution in [2.75, 3.05) is 0 Å². The van der Waals surface area contributed by atoms with E-state index in [-0.39, 0.29) is 5.91 Å². The predicted molar refractivity (Wildman–Crippen MR) is 136 cm³/mol. The molecule has 168 valence electrons. The first kappa shape index (κ1) is 21.8. The minimum absolute atomic E-state index is 0.154. The molecule has 0 aliphatic carbocycles. The summed E-state index contributed by atoms with van der Waals surface area (Å²) >= 11 is 1.56. The number of thiazole rings is 1. The Bertz CT molecular complexity index is 1410. The summed E-state index contributed by atoms with van der Waals surface area (Å²) in [6.07, 6.45) is 1.74. The van der Waals surface area contributed by atoms with Crippen molar-refractivity contribution in [1.29, 1.82) is 0 Å². The summed E-state index contributed by atoms with van der Waals surface area (Å²) in [4.78, 5) is 17.8. The van der Waals surface area contributed by atoms with E-state index in [1.807, 2.05) is 95.0 Å². The number of carbonyl (C=O) groups is 1. The summed E-state index contributed by atoms with van der Waals surface area (Å²) in [6, 6.07) is 27.4. The average molecular weight is 466 g/mol. The quantitative estimate of drug-likeness (QED) is 0.352. The molecule has 7 heteroatoms. The number of nitrogens with two attached hydrogens (primary N) is 1. The van der Waals surface area contributed by atoms with Crippen LogP contribution in [0.4, 0.5) is 0 Å². The van der Waals surface area contributed by atoms with Crippen LogP contribution in [-0.2, 0) is 13.1 Å². The van der Waals surface area contributed by atoms with Crippen molar-refractivity contribution in [2.45, 2.75) is 13.1 Å². The smallest absolute Gasteiger partial charge is 0.252 e. The van der Waals surface area contributed by atoms with Gasteiger partial charge in [-0.05, 0) is 29.8 Å². The van der Waals surface area contributed by atoms with E-state index in [9.17, 15) is 4.79 Å². The van der Waals surface area contributed by atoms with Crippen molar-refractivity contribution in [3.63, 3.8) is 0 Å².